The van der Waals surface area contributed by atoms with Gasteiger partial charge in [0.25, 0.3) is 5.91 Å². The molecular weight excluding hydrogens is 345 g/mol. The van der Waals surface area contributed by atoms with Gasteiger partial charge in [-0.3, -0.25) is 4.79 Å². The number of rotatable bonds is 6. The summed E-state index contributed by atoms with van der Waals surface area (Å²) in [5.74, 6) is 0.240. The van der Waals surface area contributed by atoms with Gasteiger partial charge in [-0.15, -0.1) is 0 Å². The largest absolute Gasteiger partial charge is 0.457 e. The monoisotopic (exact) mass is 368 g/mol. The lowest BCUT2D eigenvalue weighted by molar-refractivity contribution is -0.903. The van der Waals surface area contributed by atoms with E-state index >= 15 is 0 Å². The number of nitriles is 1. The van der Waals surface area contributed by atoms with Crippen LogP contribution in [0.15, 0.2) is 46.4 Å². The average Bonchev–Trinajstić information content (AvgIpc) is 3.16. The molecule has 1 aromatic heterocycles. The predicted octanol–water partition coefficient (Wildman–Crippen LogP) is 2.18. The van der Waals surface area contributed by atoms with E-state index in [9.17, 15) is 14.4 Å². The number of carbonyl (C=O) groups excluding carboxylic acids is 1. The van der Waals surface area contributed by atoms with Gasteiger partial charge in [-0.05, 0) is 55.7 Å². The third-order valence-electron chi connectivity index (χ3n) is 4.73. The molecule has 27 heavy (non-hydrogen) atoms. The van der Waals surface area contributed by atoms with Crippen LogP contribution in [0, 0.1) is 17.1 Å². The Bertz CT molecular complexity index is 843. The minimum absolute atomic E-state index is 0.00338. The van der Waals surface area contributed by atoms with Crippen molar-refractivity contribution in [2.45, 2.75) is 19.3 Å². The van der Waals surface area contributed by atoms with Crippen LogP contribution in [0.2, 0.25) is 0 Å². The minimum Gasteiger partial charge on any atom is -0.457 e. The van der Waals surface area contributed by atoms with Crippen LogP contribution in [-0.4, -0.2) is 32.1 Å². The number of piperidine rings is 1. The fourth-order valence-electron chi connectivity index (χ4n) is 3.24. The summed E-state index contributed by atoms with van der Waals surface area (Å²) in [5, 5.41) is 12.1. The molecule has 0 unspecified atom stereocenters. The Morgan fingerprint density at radius 2 is 1.93 bits per heavy atom. The van der Waals surface area contributed by atoms with Crippen LogP contribution >= 0.6 is 0 Å². The Balaban J connectivity index is 1.59. The zero-order valence-corrected chi connectivity index (χ0v) is 15.1. The molecule has 0 spiro atoms. The summed E-state index contributed by atoms with van der Waals surface area (Å²) in [6.07, 6.45) is 5.19. The summed E-state index contributed by atoms with van der Waals surface area (Å²) in [6.45, 7) is 3.72. The standard InChI is InChI=1S/C21H22FN3O2/c22-18-6-4-16(5-7-18)20-9-8-19(27-20)14-17(15-23)21(26)24-10-13-25-11-2-1-3-12-25/h4-9,14H,1-3,10-13H2,(H,24,26)/p+1/b17-14-. The maximum absolute atomic E-state index is 13.0. The first-order chi connectivity index (χ1) is 13.2. The molecule has 3 rings (SSSR count). The van der Waals surface area contributed by atoms with Crippen LogP contribution in [0.4, 0.5) is 4.39 Å². The summed E-state index contributed by atoms with van der Waals surface area (Å²) in [6, 6.07) is 11.3. The van der Waals surface area contributed by atoms with Crippen molar-refractivity contribution in [3.63, 3.8) is 0 Å². The molecule has 0 bridgehead atoms. The Morgan fingerprint density at radius 3 is 2.63 bits per heavy atom. The van der Waals surface area contributed by atoms with Gasteiger partial charge in [0.2, 0.25) is 0 Å². The van der Waals surface area contributed by atoms with Crippen LogP contribution in [0.3, 0.4) is 0 Å². The van der Waals surface area contributed by atoms with Crippen LogP contribution in [0.5, 0.6) is 0 Å². The molecule has 0 atom stereocenters. The number of hydrogen-bond acceptors (Lipinski definition) is 3. The highest BCUT2D eigenvalue weighted by Crippen LogP contribution is 2.23. The lowest BCUT2D eigenvalue weighted by Crippen LogP contribution is -3.13. The number of likely N-dealkylation sites (tertiary alicyclic amines) is 1. The fraction of sp³-hybridized carbons (Fsp3) is 0.333. The van der Waals surface area contributed by atoms with Gasteiger partial charge in [-0.25, -0.2) is 4.39 Å². The first-order valence-corrected chi connectivity index (χ1v) is 9.25. The highest BCUT2D eigenvalue weighted by molar-refractivity contribution is 6.01. The van der Waals surface area contributed by atoms with Crippen LogP contribution in [0.25, 0.3) is 17.4 Å². The van der Waals surface area contributed by atoms with Crippen molar-refractivity contribution in [3.05, 3.63) is 53.5 Å². The van der Waals surface area contributed by atoms with E-state index in [2.05, 4.69) is 5.32 Å². The van der Waals surface area contributed by atoms with E-state index in [4.69, 9.17) is 4.42 Å². The van der Waals surface area contributed by atoms with Gasteiger partial charge < -0.3 is 14.6 Å². The number of nitrogens with zero attached hydrogens (tertiary/aromatic N) is 1. The van der Waals surface area contributed by atoms with Gasteiger partial charge in [-0.2, -0.15) is 5.26 Å². The van der Waals surface area contributed by atoms with E-state index in [1.165, 1.54) is 42.4 Å². The van der Waals surface area contributed by atoms with Gasteiger partial charge in [0.1, 0.15) is 29.0 Å². The summed E-state index contributed by atoms with van der Waals surface area (Å²) in [5.41, 5.74) is 0.729. The molecule has 1 aromatic carbocycles. The van der Waals surface area contributed by atoms with Gasteiger partial charge in [0.05, 0.1) is 26.2 Å². The van der Waals surface area contributed by atoms with Gasteiger partial charge in [0.15, 0.2) is 0 Å². The van der Waals surface area contributed by atoms with Crippen LogP contribution < -0.4 is 10.2 Å². The topological polar surface area (TPSA) is 70.5 Å². The van der Waals surface area contributed by atoms with Crippen molar-refractivity contribution in [1.29, 1.82) is 5.26 Å². The number of benzene rings is 1. The molecule has 140 valence electrons. The molecule has 0 saturated carbocycles. The molecule has 2 heterocycles. The normalized spacial score (nSPS) is 15.3. The summed E-state index contributed by atoms with van der Waals surface area (Å²) >= 11 is 0. The molecule has 1 saturated heterocycles. The Labute approximate surface area is 158 Å². The van der Waals surface area contributed by atoms with Crippen molar-refractivity contribution >= 4 is 12.0 Å². The predicted molar refractivity (Wildman–Crippen MR) is 100 cm³/mol. The van der Waals surface area contributed by atoms with Gasteiger partial charge in [-0.1, -0.05) is 0 Å². The van der Waals surface area contributed by atoms with E-state index in [1.54, 1.807) is 24.3 Å². The van der Waals surface area contributed by atoms with Crippen molar-refractivity contribution in [1.82, 2.24) is 5.32 Å². The molecule has 1 aliphatic heterocycles. The first kappa shape index (κ1) is 18.9. The Hall–Kier alpha value is -2.91. The molecule has 1 fully saturated rings. The third kappa shape index (κ3) is 5.28. The number of carbonyl (C=O) groups is 1. The van der Waals surface area contributed by atoms with Crippen molar-refractivity contribution in [2.24, 2.45) is 0 Å². The number of nitrogens with one attached hydrogen (secondary N) is 2. The second-order valence-corrected chi connectivity index (χ2v) is 6.70. The van der Waals surface area contributed by atoms with E-state index in [0.717, 1.165) is 25.2 Å². The molecule has 2 aromatic rings. The van der Waals surface area contributed by atoms with E-state index < -0.39 is 5.91 Å². The second-order valence-electron chi connectivity index (χ2n) is 6.70. The number of hydrogen-bond donors (Lipinski definition) is 2. The van der Waals surface area contributed by atoms with Crippen molar-refractivity contribution < 1.29 is 18.5 Å². The number of halogens is 1. The highest BCUT2D eigenvalue weighted by Gasteiger charge is 2.15. The highest BCUT2D eigenvalue weighted by atomic mass is 19.1. The average molecular weight is 368 g/mol. The summed E-state index contributed by atoms with van der Waals surface area (Å²) in [7, 11) is 0. The lowest BCUT2D eigenvalue weighted by Gasteiger charge is -2.23. The summed E-state index contributed by atoms with van der Waals surface area (Å²) in [4.78, 5) is 13.7. The maximum Gasteiger partial charge on any atom is 0.262 e. The van der Waals surface area contributed by atoms with Crippen LogP contribution in [0.1, 0.15) is 25.0 Å². The molecule has 0 aliphatic carbocycles. The maximum atomic E-state index is 13.0. The second kappa shape index (κ2) is 9.15. The van der Waals surface area contributed by atoms with E-state index in [-0.39, 0.29) is 11.4 Å². The minimum atomic E-state index is -0.395. The Kier molecular flexibility index (Phi) is 6.39. The molecule has 5 nitrogen and oxygen atoms in total. The number of quaternary nitrogens is 1. The lowest BCUT2D eigenvalue weighted by atomic mass is 10.1. The number of furan rings is 1. The van der Waals surface area contributed by atoms with E-state index in [0.29, 0.717) is 18.1 Å². The Morgan fingerprint density at radius 1 is 1.19 bits per heavy atom. The SMILES string of the molecule is N#C/C(=C/c1ccc(-c2ccc(F)cc2)o1)C(=O)NCC[NH+]1CCCCC1. The smallest absolute Gasteiger partial charge is 0.262 e. The molecule has 1 amide bonds. The van der Waals surface area contributed by atoms with Gasteiger partial charge in [0, 0.05) is 11.6 Å². The molecule has 6 heteroatoms. The zero-order chi connectivity index (χ0) is 19.1. The fourth-order valence-corrected chi connectivity index (χ4v) is 3.24. The van der Waals surface area contributed by atoms with Crippen molar-refractivity contribution in [2.75, 3.05) is 26.2 Å². The van der Waals surface area contributed by atoms with Gasteiger partial charge >= 0.3 is 0 Å². The zero-order valence-electron chi connectivity index (χ0n) is 15.1. The molecule has 1 aliphatic rings. The van der Waals surface area contributed by atoms with Crippen LogP contribution in [-0.2, 0) is 4.79 Å². The number of amides is 1. The molecular formula is C21H23FN3O2+. The van der Waals surface area contributed by atoms with E-state index in [1.807, 2.05) is 6.07 Å². The first-order valence-electron chi connectivity index (χ1n) is 9.25. The third-order valence-corrected chi connectivity index (χ3v) is 4.73. The molecule has 2 N–H and O–H groups in total. The quantitative estimate of drug-likeness (QED) is 0.606. The van der Waals surface area contributed by atoms with Crippen molar-refractivity contribution in [3.8, 4) is 17.4 Å². The molecule has 0 radical (unpaired) electrons. The summed E-state index contributed by atoms with van der Waals surface area (Å²) < 4.78 is 18.7.